The molecule has 96 valence electrons. The zero-order valence-electron chi connectivity index (χ0n) is 11.2. The highest BCUT2D eigenvalue weighted by Crippen LogP contribution is 2.43. The Labute approximate surface area is 107 Å². The SMILES string of the molecule is CCn1nc(C)c2c1OC(N)=C(C#N)C2C(C)C. The summed E-state index contributed by atoms with van der Waals surface area (Å²) in [5.74, 6) is 1.14. The van der Waals surface area contributed by atoms with Gasteiger partial charge < -0.3 is 10.5 Å². The van der Waals surface area contributed by atoms with Crippen LogP contribution in [0.15, 0.2) is 11.5 Å². The van der Waals surface area contributed by atoms with E-state index in [1.54, 1.807) is 4.68 Å². The van der Waals surface area contributed by atoms with E-state index in [4.69, 9.17) is 10.5 Å². The monoisotopic (exact) mass is 246 g/mol. The van der Waals surface area contributed by atoms with Gasteiger partial charge in [0.05, 0.1) is 11.3 Å². The van der Waals surface area contributed by atoms with Crippen molar-refractivity contribution in [2.45, 2.75) is 40.2 Å². The number of nitriles is 1. The number of rotatable bonds is 2. The molecule has 1 aliphatic heterocycles. The van der Waals surface area contributed by atoms with Crippen molar-refractivity contribution in [3.8, 4) is 11.9 Å². The highest BCUT2D eigenvalue weighted by atomic mass is 16.5. The molecule has 0 bridgehead atoms. The minimum atomic E-state index is -0.0287. The maximum Gasteiger partial charge on any atom is 0.223 e. The topological polar surface area (TPSA) is 76.9 Å². The summed E-state index contributed by atoms with van der Waals surface area (Å²) in [5, 5.41) is 13.7. The second-order valence-corrected chi connectivity index (χ2v) is 4.83. The molecule has 1 aromatic rings. The number of nitrogens with zero attached hydrogens (tertiary/aromatic N) is 3. The van der Waals surface area contributed by atoms with Gasteiger partial charge in [-0.1, -0.05) is 13.8 Å². The molecule has 1 atom stereocenters. The summed E-state index contributed by atoms with van der Waals surface area (Å²) in [6.07, 6.45) is 0. The zero-order chi connectivity index (χ0) is 13.4. The van der Waals surface area contributed by atoms with Gasteiger partial charge in [0.15, 0.2) is 0 Å². The molecule has 0 aromatic carbocycles. The fraction of sp³-hybridized carbons (Fsp3) is 0.538. The largest absolute Gasteiger partial charge is 0.422 e. The molecule has 0 fully saturated rings. The van der Waals surface area contributed by atoms with Crippen LogP contribution < -0.4 is 10.5 Å². The lowest BCUT2D eigenvalue weighted by molar-refractivity contribution is 0.336. The number of allylic oxidation sites excluding steroid dienone is 1. The maximum atomic E-state index is 9.27. The first-order valence-corrected chi connectivity index (χ1v) is 6.16. The molecule has 0 amide bonds. The molecule has 0 saturated carbocycles. The standard InChI is InChI=1S/C13H18N4O/c1-5-17-13-11(8(4)16-17)10(7(2)3)9(6-14)12(15)18-13/h7,10H,5,15H2,1-4H3. The first kappa shape index (κ1) is 12.5. The third kappa shape index (κ3) is 1.65. The fourth-order valence-electron chi connectivity index (χ4n) is 2.50. The van der Waals surface area contributed by atoms with E-state index >= 15 is 0 Å². The average Bonchev–Trinajstić information content (AvgIpc) is 2.63. The Hall–Kier alpha value is -1.96. The fourth-order valence-corrected chi connectivity index (χ4v) is 2.50. The second-order valence-electron chi connectivity index (χ2n) is 4.83. The summed E-state index contributed by atoms with van der Waals surface area (Å²) in [6, 6.07) is 2.17. The van der Waals surface area contributed by atoms with Crippen LogP contribution in [0, 0.1) is 24.2 Å². The molecule has 0 saturated heterocycles. The van der Waals surface area contributed by atoms with E-state index in [1.165, 1.54) is 0 Å². The Morgan fingerprint density at radius 2 is 2.22 bits per heavy atom. The van der Waals surface area contributed by atoms with E-state index in [0.717, 1.165) is 17.8 Å². The van der Waals surface area contributed by atoms with Crippen LogP contribution in [0.25, 0.3) is 0 Å². The number of hydrogen-bond acceptors (Lipinski definition) is 4. The molecular weight excluding hydrogens is 228 g/mol. The van der Waals surface area contributed by atoms with Crippen LogP contribution >= 0.6 is 0 Å². The molecular formula is C13H18N4O. The van der Waals surface area contributed by atoms with Crippen LogP contribution in [0.1, 0.15) is 37.9 Å². The highest BCUT2D eigenvalue weighted by molar-refractivity contribution is 5.49. The van der Waals surface area contributed by atoms with E-state index in [2.05, 4.69) is 25.0 Å². The third-order valence-corrected chi connectivity index (χ3v) is 3.31. The summed E-state index contributed by atoms with van der Waals surface area (Å²) >= 11 is 0. The summed E-state index contributed by atoms with van der Waals surface area (Å²) in [4.78, 5) is 0. The Morgan fingerprint density at radius 3 is 2.72 bits per heavy atom. The van der Waals surface area contributed by atoms with E-state index in [1.807, 2.05) is 13.8 Å². The summed E-state index contributed by atoms with van der Waals surface area (Å²) in [6.45, 7) is 8.82. The summed E-state index contributed by atoms with van der Waals surface area (Å²) in [7, 11) is 0. The first-order valence-electron chi connectivity index (χ1n) is 6.16. The van der Waals surface area contributed by atoms with Gasteiger partial charge in [-0.05, 0) is 19.8 Å². The quantitative estimate of drug-likeness (QED) is 0.866. The minimum absolute atomic E-state index is 0.0287. The van der Waals surface area contributed by atoms with Crippen LogP contribution in [0.4, 0.5) is 0 Å². The van der Waals surface area contributed by atoms with Crippen molar-refractivity contribution in [2.24, 2.45) is 11.7 Å². The Morgan fingerprint density at radius 1 is 1.56 bits per heavy atom. The number of hydrogen-bond donors (Lipinski definition) is 1. The lowest BCUT2D eigenvalue weighted by Crippen LogP contribution is -2.24. The second kappa shape index (κ2) is 4.37. The predicted molar refractivity (Wildman–Crippen MR) is 67.7 cm³/mol. The van der Waals surface area contributed by atoms with Crippen LogP contribution in [-0.2, 0) is 6.54 Å². The molecule has 5 heteroatoms. The number of aryl methyl sites for hydroxylation is 2. The van der Waals surface area contributed by atoms with Crippen molar-refractivity contribution in [3.63, 3.8) is 0 Å². The van der Waals surface area contributed by atoms with Crippen LogP contribution in [0.3, 0.4) is 0 Å². The van der Waals surface area contributed by atoms with E-state index in [9.17, 15) is 5.26 Å². The van der Waals surface area contributed by atoms with Gasteiger partial charge in [-0.2, -0.15) is 10.4 Å². The van der Waals surface area contributed by atoms with Crippen molar-refractivity contribution in [1.29, 1.82) is 5.26 Å². The van der Waals surface area contributed by atoms with Crippen molar-refractivity contribution < 1.29 is 4.74 Å². The summed E-state index contributed by atoms with van der Waals surface area (Å²) < 4.78 is 7.39. The molecule has 1 aliphatic rings. The van der Waals surface area contributed by atoms with Crippen LogP contribution in [0.5, 0.6) is 5.88 Å². The maximum absolute atomic E-state index is 9.27. The molecule has 1 aromatic heterocycles. The smallest absolute Gasteiger partial charge is 0.223 e. The Kier molecular flexibility index (Phi) is 3.04. The third-order valence-electron chi connectivity index (χ3n) is 3.31. The first-order chi connectivity index (χ1) is 8.51. The minimum Gasteiger partial charge on any atom is -0.422 e. The van der Waals surface area contributed by atoms with Gasteiger partial charge in [-0.25, -0.2) is 4.68 Å². The lowest BCUT2D eigenvalue weighted by Gasteiger charge is -2.26. The lowest BCUT2D eigenvalue weighted by atomic mass is 9.81. The van der Waals surface area contributed by atoms with Gasteiger partial charge >= 0.3 is 0 Å². The summed E-state index contributed by atoms with van der Waals surface area (Å²) in [5.41, 5.74) is 8.28. The molecule has 2 heterocycles. The van der Waals surface area contributed by atoms with Gasteiger partial charge in [0, 0.05) is 18.0 Å². The van der Waals surface area contributed by atoms with E-state index in [0.29, 0.717) is 11.5 Å². The Balaban J connectivity index is 2.66. The predicted octanol–water partition coefficient (Wildman–Crippen LogP) is 2.04. The zero-order valence-corrected chi connectivity index (χ0v) is 11.2. The molecule has 5 nitrogen and oxygen atoms in total. The number of fused-ring (bicyclic) bond motifs is 1. The van der Waals surface area contributed by atoms with Gasteiger partial charge in [0.2, 0.25) is 11.8 Å². The molecule has 2 rings (SSSR count). The number of ether oxygens (including phenoxy) is 1. The number of nitrogens with two attached hydrogens (primary N) is 1. The van der Waals surface area contributed by atoms with Crippen molar-refractivity contribution in [1.82, 2.24) is 9.78 Å². The van der Waals surface area contributed by atoms with Gasteiger partial charge in [-0.15, -0.1) is 0 Å². The normalized spacial score (nSPS) is 18.6. The molecule has 1 unspecified atom stereocenters. The van der Waals surface area contributed by atoms with Crippen molar-refractivity contribution in [3.05, 3.63) is 22.7 Å². The van der Waals surface area contributed by atoms with Gasteiger partial charge in [-0.3, -0.25) is 0 Å². The molecule has 0 spiro atoms. The molecule has 0 radical (unpaired) electrons. The number of aromatic nitrogens is 2. The highest BCUT2D eigenvalue weighted by Gasteiger charge is 2.35. The molecule has 2 N–H and O–H groups in total. The average molecular weight is 246 g/mol. The van der Waals surface area contributed by atoms with E-state index in [-0.39, 0.29) is 17.7 Å². The van der Waals surface area contributed by atoms with Crippen LogP contribution in [-0.4, -0.2) is 9.78 Å². The van der Waals surface area contributed by atoms with E-state index < -0.39 is 0 Å². The molecule has 18 heavy (non-hydrogen) atoms. The van der Waals surface area contributed by atoms with Gasteiger partial charge in [0.25, 0.3) is 0 Å². The van der Waals surface area contributed by atoms with Crippen molar-refractivity contribution >= 4 is 0 Å². The van der Waals surface area contributed by atoms with Crippen molar-refractivity contribution in [2.75, 3.05) is 0 Å². The Bertz CT molecular complexity index is 548. The van der Waals surface area contributed by atoms with Crippen LogP contribution in [0.2, 0.25) is 0 Å². The molecule has 0 aliphatic carbocycles. The van der Waals surface area contributed by atoms with Gasteiger partial charge in [0.1, 0.15) is 6.07 Å².